The highest BCUT2D eigenvalue weighted by Gasteiger charge is 2.12. The first-order chi connectivity index (χ1) is 10.2. The van der Waals surface area contributed by atoms with Crippen molar-refractivity contribution in [2.75, 3.05) is 7.11 Å². The van der Waals surface area contributed by atoms with Crippen molar-refractivity contribution in [3.8, 4) is 11.8 Å². The molecule has 0 saturated carbocycles. The van der Waals surface area contributed by atoms with E-state index in [1.165, 1.54) is 12.1 Å². The number of nitrogens with zero attached hydrogens (tertiary/aromatic N) is 1. The van der Waals surface area contributed by atoms with Crippen LogP contribution in [0.3, 0.4) is 0 Å². The maximum absolute atomic E-state index is 13.4. The van der Waals surface area contributed by atoms with Crippen LogP contribution >= 0.6 is 0 Å². The fourth-order valence-corrected chi connectivity index (χ4v) is 2.20. The van der Waals surface area contributed by atoms with E-state index < -0.39 is 0 Å². The second-order valence-corrected chi connectivity index (χ2v) is 4.76. The van der Waals surface area contributed by atoms with Crippen molar-refractivity contribution in [1.82, 2.24) is 5.32 Å². The maximum Gasteiger partial charge on any atom is 0.123 e. The fourth-order valence-electron chi connectivity index (χ4n) is 2.20. The maximum atomic E-state index is 13.4. The summed E-state index contributed by atoms with van der Waals surface area (Å²) in [4.78, 5) is 0. The Labute approximate surface area is 124 Å². The third-order valence-corrected chi connectivity index (χ3v) is 3.39. The molecule has 1 N–H and O–H groups in total. The molecule has 0 heterocycles. The second-order valence-electron chi connectivity index (χ2n) is 4.76. The van der Waals surface area contributed by atoms with Crippen LogP contribution in [-0.2, 0) is 6.54 Å². The monoisotopic (exact) mass is 284 g/mol. The zero-order valence-electron chi connectivity index (χ0n) is 12.1. The summed E-state index contributed by atoms with van der Waals surface area (Å²) in [5.74, 6) is 0.349. The topological polar surface area (TPSA) is 45.0 Å². The molecule has 0 aliphatic rings. The van der Waals surface area contributed by atoms with Crippen molar-refractivity contribution in [3.63, 3.8) is 0 Å². The Morgan fingerprint density at radius 1 is 1.29 bits per heavy atom. The van der Waals surface area contributed by atoms with Gasteiger partial charge in [0, 0.05) is 18.2 Å². The van der Waals surface area contributed by atoms with Gasteiger partial charge in [0.05, 0.1) is 18.7 Å². The Kier molecular flexibility index (Phi) is 4.91. The highest BCUT2D eigenvalue weighted by molar-refractivity contribution is 5.38. The van der Waals surface area contributed by atoms with Gasteiger partial charge in [-0.25, -0.2) is 4.39 Å². The lowest BCUT2D eigenvalue weighted by Crippen LogP contribution is -2.19. The summed E-state index contributed by atoms with van der Waals surface area (Å²) >= 11 is 0. The number of nitriles is 1. The van der Waals surface area contributed by atoms with Crippen molar-refractivity contribution in [3.05, 3.63) is 65.0 Å². The zero-order valence-corrected chi connectivity index (χ0v) is 12.1. The van der Waals surface area contributed by atoms with Gasteiger partial charge >= 0.3 is 0 Å². The standard InChI is InChI=1S/C17H17FN2O/c1-12(16-9-15(18)7-8-17(16)21-2)20-11-14-6-4-3-5-13(14)10-19/h3-9,12,20H,11H2,1-2H3. The highest BCUT2D eigenvalue weighted by atomic mass is 19.1. The molecule has 0 aliphatic heterocycles. The summed E-state index contributed by atoms with van der Waals surface area (Å²) in [5, 5.41) is 12.4. The lowest BCUT2D eigenvalue weighted by molar-refractivity contribution is 0.399. The molecule has 108 valence electrons. The minimum absolute atomic E-state index is 0.0950. The average Bonchev–Trinajstić information content (AvgIpc) is 2.52. The van der Waals surface area contributed by atoms with Gasteiger partial charge in [0.1, 0.15) is 11.6 Å². The van der Waals surface area contributed by atoms with Gasteiger partial charge in [-0.05, 0) is 36.8 Å². The predicted molar refractivity (Wildman–Crippen MR) is 79.4 cm³/mol. The van der Waals surface area contributed by atoms with E-state index in [9.17, 15) is 4.39 Å². The SMILES string of the molecule is COc1ccc(F)cc1C(C)NCc1ccccc1C#N. The van der Waals surface area contributed by atoms with Crippen LogP contribution in [0.25, 0.3) is 0 Å². The van der Waals surface area contributed by atoms with Crippen LogP contribution in [0.15, 0.2) is 42.5 Å². The van der Waals surface area contributed by atoms with E-state index >= 15 is 0 Å². The van der Waals surface area contributed by atoms with Gasteiger partial charge in [-0.15, -0.1) is 0 Å². The summed E-state index contributed by atoms with van der Waals surface area (Å²) in [6.07, 6.45) is 0. The normalized spacial score (nSPS) is 11.7. The molecule has 2 aromatic carbocycles. The molecule has 4 heteroatoms. The molecule has 0 spiro atoms. The molecule has 0 amide bonds. The molecule has 1 atom stereocenters. The lowest BCUT2D eigenvalue weighted by Gasteiger charge is -2.18. The third kappa shape index (κ3) is 3.59. The van der Waals surface area contributed by atoms with E-state index in [2.05, 4.69) is 11.4 Å². The van der Waals surface area contributed by atoms with Gasteiger partial charge in [0.25, 0.3) is 0 Å². The molecule has 0 radical (unpaired) electrons. The quantitative estimate of drug-likeness (QED) is 0.913. The Hall–Kier alpha value is -2.38. The Morgan fingerprint density at radius 3 is 2.76 bits per heavy atom. The molecule has 21 heavy (non-hydrogen) atoms. The first-order valence-electron chi connectivity index (χ1n) is 6.70. The lowest BCUT2D eigenvalue weighted by atomic mass is 10.1. The molecule has 0 aliphatic carbocycles. The summed E-state index contributed by atoms with van der Waals surface area (Å²) in [5.41, 5.74) is 2.32. The molecule has 0 aromatic heterocycles. The largest absolute Gasteiger partial charge is 0.496 e. The number of benzene rings is 2. The number of hydrogen-bond donors (Lipinski definition) is 1. The van der Waals surface area contributed by atoms with Crippen LogP contribution in [0.5, 0.6) is 5.75 Å². The Morgan fingerprint density at radius 2 is 2.05 bits per heavy atom. The van der Waals surface area contributed by atoms with Crippen molar-refractivity contribution >= 4 is 0 Å². The van der Waals surface area contributed by atoms with Crippen LogP contribution < -0.4 is 10.1 Å². The number of ether oxygens (including phenoxy) is 1. The first-order valence-corrected chi connectivity index (χ1v) is 6.70. The van der Waals surface area contributed by atoms with E-state index in [-0.39, 0.29) is 11.9 Å². The van der Waals surface area contributed by atoms with E-state index in [4.69, 9.17) is 10.00 Å². The van der Waals surface area contributed by atoms with Crippen LogP contribution in [-0.4, -0.2) is 7.11 Å². The second kappa shape index (κ2) is 6.87. The molecule has 1 unspecified atom stereocenters. The highest BCUT2D eigenvalue weighted by Crippen LogP contribution is 2.26. The third-order valence-electron chi connectivity index (χ3n) is 3.39. The number of nitrogens with one attached hydrogen (secondary N) is 1. The van der Waals surface area contributed by atoms with E-state index in [0.717, 1.165) is 11.1 Å². The van der Waals surface area contributed by atoms with Gasteiger partial charge in [0.15, 0.2) is 0 Å². The van der Waals surface area contributed by atoms with Gasteiger partial charge in [-0.1, -0.05) is 18.2 Å². The van der Waals surface area contributed by atoms with Gasteiger partial charge in [-0.2, -0.15) is 5.26 Å². The van der Waals surface area contributed by atoms with E-state index in [1.54, 1.807) is 19.2 Å². The van der Waals surface area contributed by atoms with E-state index in [1.807, 2.05) is 25.1 Å². The van der Waals surface area contributed by atoms with E-state index in [0.29, 0.717) is 17.9 Å². The Balaban J connectivity index is 2.14. The Bertz CT molecular complexity index is 664. The minimum atomic E-state index is -0.295. The number of halogens is 1. The fraction of sp³-hybridized carbons (Fsp3) is 0.235. The van der Waals surface area contributed by atoms with Gasteiger partial charge < -0.3 is 10.1 Å². The summed E-state index contributed by atoms with van der Waals surface area (Å²) in [6.45, 7) is 2.47. The van der Waals surface area contributed by atoms with Gasteiger partial charge in [-0.3, -0.25) is 0 Å². The van der Waals surface area contributed by atoms with Crippen molar-refractivity contribution < 1.29 is 9.13 Å². The van der Waals surface area contributed by atoms with Crippen LogP contribution in [0.2, 0.25) is 0 Å². The van der Waals surface area contributed by atoms with Crippen LogP contribution in [0, 0.1) is 17.1 Å². The number of hydrogen-bond acceptors (Lipinski definition) is 3. The smallest absolute Gasteiger partial charge is 0.123 e. The minimum Gasteiger partial charge on any atom is -0.496 e. The molecular weight excluding hydrogens is 267 g/mol. The molecule has 2 rings (SSSR count). The van der Waals surface area contributed by atoms with Crippen molar-refractivity contribution in [1.29, 1.82) is 5.26 Å². The molecule has 0 saturated heterocycles. The number of methoxy groups -OCH3 is 1. The molecule has 3 nitrogen and oxygen atoms in total. The van der Waals surface area contributed by atoms with Crippen molar-refractivity contribution in [2.45, 2.75) is 19.5 Å². The molecule has 2 aromatic rings. The van der Waals surface area contributed by atoms with Crippen molar-refractivity contribution in [2.24, 2.45) is 0 Å². The van der Waals surface area contributed by atoms with Crippen LogP contribution in [0.4, 0.5) is 4.39 Å². The summed E-state index contributed by atoms with van der Waals surface area (Å²) in [7, 11) is 1.56. The summed E-state index contributed by atoms with van der Waals surface area (Å²) in [6, 6.07) is 13.9. The summed E-state index contributed by atoms with van der Waals surface area (Å²) < 4.78 is 18.7. The zero-order chi connectivity index (χ0) is 15.2. The average molecular weight is 284 g/mol. The molecule has 0 fully saturated rings. The number of rotatable bonds is 5. The van der Waals surface area contributed by atoms with Crippen LogP contribution in [0.1, 0.15) is 29.7 Å². The van der Waals surface area contributed by atoms with Gasteiger partial charge in [0.2, 0.25) is 0 Å². The predicted octanol–water partition coefficient (Wildman–Crippen LogP) is 3.56. The molecule has 0 bridgehead atoms. The first kappa shape index (κ1) is 15.0. The molecular formula is C17H17FN2O.